The van der Waals surface area contributed by atoms with Crippen LogP contribution in [0.1, 0.15) is 31.2 Å². The maximum atomic E-state index is 5.31. The Hall–Kier alpha value is -2.34. The van der Waals surface area contributed by atoms with E-state index in [-0.39, 0.29) is 18.4 Å². The monoisotopic (exact) mass is 427 g/mol. The Bertz CT molecular complexity index is 883. The van der Waals surface area contributed by atoms with Gasteiger partial charge in [-0.2, -0.15) is 0 Å². The van der Waals surface area contributed by atoms with Crippen molar-refractivity contribution in [3.8, 4) is 0 Å². The van der Waals surface area contributed by atoms with Gasteiger partial charge in [-0.25, -0.2) is 0 Å². The van der Waals surface area contributed by atoms with E-state index in [0.29, 0.717) is 0 Å². The molecule has 0 saturated carbocycles. The summed E-state index contributed by atoms with van der Waals surface area (Å²) in [5.74, 6) is 0.182. The van der Waals surface area contributed by atoms with Crippen LogP contribution in [0.2, 0.25) is 0 Å². The summed E-state index contributed by atoms with van der Waals surface area (Å²) in [6.45, 7) is 4.73. The van der Waals surface area contributed by atoms with E-state index in [2.05, 4.69) is 70.2 Å². The number of unbranched alkanes of at least 4 members (excludes halogenated alkanes) is 2. The fourth-order valence-corrected chi connectivity index (χ4v) is 3.71. The number of aliphatic imine (C=N–C) groups is 1. The average Bonchev–Trinajstić information content (AvgIpc) is 2.73. The molecule has 162 valence electrons. The third-order valence-corrected chi connectivity index (χ3v) is 5.20. The van der Waals surface area contributed by atoms with Gasteiger partial charge in [0.25, 0.3) is 0 Å². The van der Waals surface area contributed by atoms with Crippen LogP contribution in [-0.4, -0.2) is 32.1 Å². The van der Waals surface area contributed by atoms with Crippen LogP contribution in [0.5, 0.6) is 0 Å². The summed E-state index contributed by atoms with van der Waals surface area (Å²) in [7, 11) is 0. The summed E-state index contributed by atoms with van der Waals surface area (Å²) in [5, 5.41) is 12.5. The molecule has 0 fully saturated rings. The van der Waals surface area contributed by atoms with Crippen molar-refractivity contribution in [2.75, 3.05) is 26.2 Å². The molecule has 0 amide bonds. The van der Waals surface area contributed by atoms with Crippen LogP contribution in [0.4, 0.5) is 0 Å². The van der Waals surface area contributed by atoms with E-state index in [4.69, 9.17) is 11.5 Å². The average molecular weight is 428 g/mol. The quantitative estimate of drug-likeness (QED) is 0.152. The second-order valence-electron chi connectivity index (χ2n) is 7.44. The van der Waals surface area contributed by atoms with E-state index >= 15 is 0 Å². The summed E-state index contributed by atoms with van der Waals surface area (Å²) in [6.07, 6.45) is 4.47. The molecule has 30 heavy (non-hydrogen) atoms. The second kappa shape index (κ2) is 13.1. The Labute approximate surface area is 185 Å². The number of nitrogens with one attached hydrogen (secondary N) is 2. The lowest BCUT2D eigenvalue weighted by Gasteiger charge is -2.13. The van der Waals surface area contributed by atoms with Crippen molar-refractivity contribution >= 4 is 39.9 Å². The molecule has 0 heterocycles. The van der Waals surface area contributed by atoms with Crippen LogP contribution in [0, 0.1) is 0 Å². The van der Waals surface area contributed by atoms with Gasteiger partial charge in [-0.1, -0.05) is 48.5 Å². The van der Waals surface area contributed by atoms with Crippen LogP contribution in [0.25, 0.3) is 21.5 Å². The van der Waals surface area contributed by atoms with Gasteiger partial charge in [0.05, 0.1) is 0 Å². The first-order valence-electron chi connectivity index (χ1n) is 10.6. The van der Waals surface area contributed by atoms with Crippen LogP contribution in [-0.2, 0) is 6.54 Å². The Morgan fingerprint density at radius 3 is 1.87 bits per heavy atom. The highest BCUT2D eigenvalue weighted by molar-refractivity contribution is 6.02. The lowest BCUT2D eigenvalue weighted by atomic mass is 9.97. The van der Waals surface area contributed by atoms with Crippen LogP contribution >= 0.6 is 12.4 Å². The maximum absolute atomic E-state index is 5.31. The first kappa shape index (κ1) is 23.9. The van der Waals surface area contributed by atoms with Crippen molar-refractivity contribution in [1.29, 1.82) is 0 Å². The molecule has 0 atom stereocenters. The van der Waals surface area contributed by atoms with E-state index in [1.54, 1.807) is 0 Å². The Balaban J connectivity index is 0.00000320. The number of guanidine groups is 1. The number of fused-ring (bicyclic) bond motifs is 2. The van der Waals surface area contributed by atoms with Gasteiger partial charge in [-0.05, 0) is 78.5 Å². The molecule has 0 aliphatic carbocycles. The number of halogens is 1. The first-order chi connectivity index (χ1) is 14.3. The third-order valence-electron chi connectivity index (χ3n) is 5.20. The van der Waals surface area contributed by atoms with E-state index in [9.17, 15) is 0 Å². The van der Waals surface area contributed by atoms with Crippen molar-refractivity contribution in [3.63, 3.8) is 0 Å². The fourth-order valence-electron chi connectivity index (χ4n) is 3.71. The SMILES string of the molecule is Cl.NC(N)=NCCCCNCCCCNCc1c2ccccc2cc2ccccc12. The highest BCUT2D eigenvalue weighted by atomic mass is 35.5. The molecule has 0 unspecified atom stereocenters. The van der Waals surface area contributed by atoms with Crippen molar-refractivity contribution in [1.82, 2.24) is 10.6 Å². The molecule has 0 aliphatic heterocycles. The molecule has 0 aromatic heterocycles. The number of rotatable bonds is 12. The molecular weight excluding hydrogens is 394 g/mol. The molecule has 0 radical (unpaired) electrons. The summed E-state index contributed by atoms with van der Waals surface area (Å²) in [5.41, 5.74) is 12.0. The van der Waals surface area contributed by atoms with Crippen molar-refractivity contribution in [2.45, 2.75) is 32.2 Å². The summed E-state index contributed by atoms with van der Waals surface area (Å²) in [4.78, 5) is 3.99. The minimum atomic E-state index is 0. The molecular formula is C24H34ClN5. The highest BCUT2D eigenvalue weighted by Gasteiger charge is 2.06. The number of hydrogen-bond acceptors (Lipinski definition) is 3. The van der Waals surface area contributed by atoms with E-state index in [0.717, 1.165) is 45.6 Å². The molecule has 0 saturated heterocycles. The molecule has 3 aromatic carbocycles. The van der Waals surface area contributed by atoms with Crippen LogP contribution in [0.3, 0.4) is 0 Å². The number of nitrogens with zero attached hydrogens (tertiary/aromatic N) is 1. The first-order valence-corrected chi connectivity index (χ1v) is 10.6. The summed E-state index contributed by atoms with van der Waals surface area (Å²) < 4.78 is 0. The largest absolute Gasteiger partial charge is 0.370 e. The lowest BCUT2D eigenvalue weighted by Crippen LogP contribution is -2.23. The topological polar surface area (TPSA) is 88.5 Å². The zero-order valence-electron chi connectivity index (χ0n) is 17.6. The molecule has 3 rings (SSSR count). The van der Waals surface area contributed by atoms with Gasteiger partial charge in [0.1, 0.15) is 0 Å². The molecule has 6 heteroatoms. The van der Waals surface area contributed by atoms with Crippen molar-refractivity contribution in [3.05, 3.63) is 60.2 Å². The smallest absolute Gasteiger partial charge is 0.185 e. The number of nitrogens with two attached hydrogens (primary N) is 2. The third kappa shape index (κ3) is 7.17. The molecule has 3 aromatic rings. The number of benzene rings is 3. The maximum Gasteiger partial charge on any atom is 0.185 e. The molecule has 0 aliphatic rings. The van der Waals surface area contributed by atoms with E-state index in [1.165, 1.54) is 39.9 Å². The zero-order chi connectivity index (χ0) is 20.3. The summed E-state index contributed by atoms with van der Waals surface area (Å²) in [6, 6.07) is 19.6. The predicted molar refractivity (Wildman–Crippen MR) is 132 cm³/mol. The number of hydrogen-bond donors (Lipinski definition) is 4. The van der Waals surface area contributed by atoms with Crippen LogP contribution < -0.4 is 22.1 Å². The van der Waals surface area contributed by atoms with Gasteiger partial charge >= 0.3 is 0 Å². The second-order valence-corrected chi connectivity index (χ2v) is 7.44. The van der Waals surface area contributed by atoms with Gasteiger partial charge in [0, 0.05) is 13.1 Å². The molecule has 5 nitrogen and oxygen atoms in total. The van der Waals surface area contributed by atoms with Gasteiger partial charge in [-0.15, -0.1) is 12.4 Å². The molecule has 0 bridgehead atoms. The van der Waals surface area contributed by atoms with Crippen LogP contribution in [0.15, 0.2) is 59.6 Å². The Kier molecular flexibility index (Phi) is 10.4. The fraction of sp³-hybridized carbons (Fsp3) is 0.375. The predicted octanol–water partition coefficient (Wildman–Crippen LogP) is 3.93. The lowest BCUT2D eigenvalue weighted by molar-refractivity contribution is 0.569. The molecule has 0 spiro atoms. The zero-order valence-corrected chi connectivity index (χ0v) is 18.4. The van der Waals surface area contributed by atoms with Gasteiger partial charge < -0.3 is 22.1 Å². The normalized spacial score (nSPS) is 10.8. The van der Waals surface area contributed by atoms with Crippen molar-refractivity contribution in [2.24, 2.45) is 16.5 Å². The Morgan fingerprint density at radius 2 is 1.27 bits per heavy atom. The van der Waals surface area contributed by atoms with Gasteiger partial charge in [0.2, 0.25) is 0 Å². The Morgan fingerprint density at radius 1 is 0.733 bits per heavy atom. The van der Waals surface area contributed by atoms with Crippen molar-refractivity contribution < 1.29 is 0 Å². The van der Waals surface area contributed by atoms with Gasteiger partial charge in [0.15, 0.2) is 5.96 Å². The summed E-state index contributed by atoms with van der Waals surface area (Å²) >= 11 is 0. The van der Waals surface area contributed by atoms with Gasteiger partial charge in [-0.3, -0.25) is 4.99 Å². The van der Waals surface area contributed by atoms with E-state index in [1.807, 2.05) is 0 Å². The molecule has 6 N–H and O–H groups in total. The van der Waals surface area contributed by atoms with E-state index < -0.39 is 0 Å². The minimum absolute atomic E-state index is 0. The highest BCUT2D eigenvalue weighted by Crippen LogP contribution is 2.28. The standard InChI is InChI=1S/C24H33N5.ClH/c25-24(26)29-16-8-7-14-27-13-5-6-15-28-18-23-21-11-3-1-9-19(21)17-20-10-2-4-12-22(20)23;/h1-4,9-12,17,27-28H,5-8,13-16,18H2,(H4,25,26,29);1H. The minimum Gasteiger partial charge on any atom is -0.370 e.